The summed E-state index contributed by atoms with van der Waals surface area (Å²) in [5.74, 6) is 0.794. The summed E-state index contributed by atoms with van der Waals surface area (Å²) in [5.41, 5.74) is 11.0. The van der Waals surface area contributed by atoms with Crippen LogP contribution in [0.2, 0.25) is 0 Å². The predicted octanol–water partition coefficient (Wildman–Crippen LogP) is 36.0. The highest BCUT2D eigenvalue weighted by atomic mass is 32.1. The van der Waals surface area contributed by atoms with Gasteiger partial charge in [-0.15, -0.1) is 68.0 Å². The normalized spacial score (nSPS) is 14.8. The Kier molecular flexibility index (Phi) is 44.0. The van der Waals surface area contributed by atoms with Gasteiger partial charge in [0.2, 0.25) is 0 Å². The van der Waals surface area contributed by atoms with Crippen molar-refractivity contribution in [1.29, 1.82) is 0 Å². The van der Waals surface area contributed by atoms with E-state index in [-0.39, 0.29) is 30.1 Å². The van der Waals surface area contributed by atoms with Crippen molar-refractivity contribution in [3.63, 3.8) is 0 Å². The molecule has 1 fully saturated rings. The quantitative estimate of drug-likeness (QED) is 0.0282. The molecule has 10 aromatic rings. The number of nitrogens with zero attached hydrogens (tertiary/aromatic N) is 2. The fourth-order valence-electron chi connectivity index (χ4n) is 19.1. The molecule has 6 nitrogen and oxygen atoms in total. The highest BCUT2D eigenvalue weighted by molar-refractivity contribution is 7.27. The molecule has 3 aromatic carbocycles. The first-order valence-corrected chi connectivity index (χ1v) is 57.3. The maximum atomic E-state index is 16.6. The largest absolute Gasteiger partial charge is 0.505 e. The van der Waals surface area contributed by atoms with E-state index in [9.17, 15) is 0 Å². The topological polar surface area (TPSA) is 59.1 Å². The average molecular weight is 1870 g/mol. The Hall–Kier alpha value is -6.04. The van der Waals surface area contributed by atoms with E-state index >= 15 is 9.59 Å². The van der Waals surface area contributed by atoms with Gasteiger partial charge in [0.15, 0.2) is 0 Å². The first-order valence-electron chi connectivity index (χ1n) is 51.4. The lowest BCUT2D eigenvalue weighted by molar-refractivity contribution is -0.124. The molecule has 0 saturated carbocycles. The van der Waals surface area contributed by atoms with Crippen LogP contribution in [0, 0.1) is 11.8 Å². The molecule has 0 spiro atoms. The molecule has 13 rings (SSSR count). The number of rotatable bonds is 63. The van der Waals surface area contributed by atoms with Crippen molar-refractivity contribution in [2.75, 3.05) is 13.1 Å². The Morgan fingerprint density at radius 2 is 0.527 bits per heavy atom. The number of hydrogen-bond donors (Lipinski definition) is 0. The highest BCUT2D eigenvalue weighted by Gasteiger charge is 2.53. The van der Waals surface area contributed by atoms with Gasteiger partial charge in [0.25, 0.3) is 11.8 Å². The molecule has 14 heteroatoms. The summed E-state index contributed by atoms with van der Waals surface area (Å²) in [5, 5.41) is 6.97. The average Bonchev–Trinajstić information content (AvgIpc) is 1.55. The van der Waals surface area contributed by atoms with Gasteiger partial charge in [0.1, 0.15) is 0 Å². The third-order valence-corrected chi connectivity index (χ3v) is 35.7. The number of hydrogen-bond acceptors (Lipinski definition) is 11. The van der Waals surface area contributed by atoms with Crippen molar-refractivity contribution in [2.24, 2.45) is 11.8 Å². The number of carbonyl (C=O) groups excluding carboxylic acids is 2. The maximum Gasteiger partial charge on any atom is 0.505 e. The molecule has 3 aliphatic rings. The molecule has 0 N–H and O–H groups in total. The zero-order chi connectivity index (χ0) is 90.1. The van der Waals surface area contributed by atoms with Gasteiger partial charge in [0.05, 0.1) is 43.5 Å². The van der Waals surface area contributed by atoms with Gasteiger partial charge >= 0.3 is 7.12 Å². The van der Waals surface area contributed by atoms with Gasteiger partial charge in [-0.2, -0.15) is 11.3 Å². The molecule has 129 heavy (non-hydrogen) atoms. The van der Waals surface area contributed by atoms with Gasteiger partial charge < -0.3 is 19.1 Å². The number of carbonyl (C=O) groups is 2. The Bertz CT molecular complexity index is 4630. The van der Waals surface area contributed by atoms with Crippen molar-refractivity contribution in [2.45, 2.75) is 381 Å². The van der Waals surface area contributed by atoms with Crippen LogP contribution in [0.25, 0.3) is 50.4 Å². The molecule has 1 saturated heterocycles. The lowest BCUT2D eigenvalue weighted by atomic mass is 9.87. The predicted molar refractivity (Wildman–Crippen MR) is 569 cm³/mol. The van der Waals surface area contributed by atoms with Crippen LogP contribution in [0.3, 0.4) is 0 Å². The number of amides is 2. The van der Waals surface area contributed by atoms with E-state index < -0.39 is 0 Å². The number of fused-ring (bicyclic) bond motifs is 1. The zero-order valence-electron chi connectivity index (χ0n) is 80.4. The fraction of sp³-hybridized carbons (Fsp3) is 0.548. The van der Waals surface area contributed by atoms with Crippen molar-refractivity contribution < 1.29 is 18.9 Å². The third-order valence-electron chi connectivity index (χ3n) is 27.6. The van der Waals surface area contributed by atoms with Gasteiger partial charge in [0, 0.05) is 56.9 Å². The third kappa shape index (κ3) is 32.1. The fourth-order valence-corrected chi connectivity index (χ4v) is 26.4. The van der Waals surface area contributed by atoms with Crippen molar-refractivity contribution >= 4 is 114 Å². The Labute approximate surface area is 809 Å². The van der Waals surface area contributed by atoms with E-state index in [0.717, 1.165) is 98.2 Å². The van der Waals surface area contributed by atoms with Crippen molar-refractivity contribution in [3.05, 3.63) is 228 Å². The molecular weight excluding hydrogens is 1710 g/mol. The van der Waals surface area contributed by atoms with Crippen LogP contribution in [0.5, 0.6) is 0 Å². The van der Waals surface area contributed by atoms with E-state index in [0.29, 0.717) is 36.1 Å². The van der Waals surface area contributed by atoms with Gasteiger partial charge in [-0.1, -0.05) is 350 Å². The standard InChI is InChI=1S/C96H132N2O2S6.C19H25BO2S/c1-5-9-13-17-21-25-27-31-35-41-55-77(53-39-33-29-23-19-15-11-7-3)71-97-93(87-67-65-83(105-87)81-61-63-85(103-81)89-69-79(73-101-89)59-47-57-75-49-43-37-44-50-75)91-92(95(97)99)94(88-68-66-84(106-88)82-62-64-86(104-82)90-70-80(74-102-90)60-48-58-76-51-45-38-46-52-76)98(96(91)100)72-78(54-40-34-30-24-20-16-12-8-4)56-42-36-32-28-26-22-18-14-10-6-2;1-18(2)19(3,4)22-20(21-18)17-13-16(14-23-17)12-8-11-15-9-6-5-7-10-15/h37-38,43-46,49-52,61-70,73-74,77-78H,5-36,39-42,47-48,53-60,71-72H2,1-4H3;5-7,9-10,13-14H,8,11-12H2,1-4H3. The summed E-state index contributed by atoms with van der Waals surface area (Å²) in [6, 6.07) is 58.0. The van der Waals surface area contributed by atoms with Crippen LogP contribution in [0.1, 0.15) is 375 Å². The lowest BCUT2D eigenvalue weighted by Crippen LogP contribution is -2.41. The number of thiophene rings is 7. The molecule has 3 aliphatic heterocycles. The van der Waals surface area contributed by atoms with Crippen LogP contribution in [0.15, 0.2) is 185 Å². The molecular formula is C115H157BN2O4S7. The van der Waals surface area contributed by atoms with E-state index in [1.54, 1.807) is 34.0 Å². The molecule has 2 unspecified atom stereocenters. The summed E-state index contributed by atoms with van der Waals surface area (Å²) in [4.78, 5) is 49.9. The molecule has 0 bridgehead atoms. The Morgan fingerprint density at radius 1 is 0.279 bits per heavy atom. The summed E-state index contributed by atoms with van der Waals surface area (Å²) >= 11 is 12.8. The smallest absolute Gasteiger partial charge is 0.399 e. The van der Waals surface area contributed by atoms with Crippen LogP contribution in [-0.4, -0.2) is 53.0 Å². The van der Waals surface area contributed by atoms with Crippen LogP contribution in [0.4, 0.5) is 0 Å². The van der Waals surface area contributed by atoms with E-state index in [4.69, 9.17) is 9.31 Å². The Balaban J connectivity index is 0.000000564. The number of aryl methyl sites for hydroxylation is 6. The van der Waals surface area contributed by atoms with Crippen LogP contribution in [-0.2, 0) is 57.4 Å². The summed E-state index contributed by atoms with van der Waals surface area (Å²) in [6.07, 6.45) is 61.5. The summed E-state index contributed by atoms with van der Waals surface area (Å²) in [6.45, 7) is 19.0. The second-order valence-electron chi connectivity index (χ2n) is 38.7. The summed E-state index contributed by atoms with van der Waals surface area (Å²) in [7, 11) is -0.229. The first-order chi connectivity index (χ1) is 63.2. The maximum absolute atomic E-state index is 16.6. The monoisotopic (exact) mass is 1870 g/mol. The van der Waals surface area contributed by atoms with Crippen molar-refractivity contribution in [3.8, 4) is 39.0 Å². The minimum absolute atomic E-state index is 0.0467. The molecule has 7 aromatic heterocycles. The van der Waals surface area contributed by atoms with Crippen LogP contribution < -0.4 is 4.78 Å². The molecule has 696 valence electrons. The van der Waals surface area contributed by atoms with Gasteiger partial charge in [-0.3, -0.25) is 9.59 Å². The van der Waals surface area contributed by atoms with Crippen molar-refractivity contribution in [1.82, 2.24) is 9.80 Å². The minimum Gasteiger partial charge on any atom is -0.399 e. The summed E-state index contributed by atoms with van der Waals surface area (Å²) < 4.78 is 13.4. The number of unbranched alkanes of at least 4 members (excludes halogenated alkanes) is 32. The minimum atomic E-state index is -0.269. The van der Waals surface area contributed by atoms with Gasteiger partial charge in [-0.25, -0.2) is 0 Å². The molecule has 0 radical (unpaired) electrons. The highest BCUT2D eigenvalue weighted by Crippen LogP contribution is 2.53. The zero-order valence-corrected chi connectivity index (χ0v) is 86.1. The Morgan fingerprint density at radius 3 is 0.829 bits per heavy atom. The second-order valence-corrected chi connectivity index (χ2v) is 45.8. The molecule has 2 amide bonds. The second kappa shape index (κ2) is 55.7. The molecule has 10 heterocycles. The number of benzene rings is 3. The van der Waals surface area contributed by atoms with E-state index in [1.165, 1.54) is 315 Å². The van der Waals surface area contributed by atoms with Crippen LogP contribution >= 0.6 is 79.4 Å². The lowest BCUT2D eigenvalue weighted by Gasteiger charge is -2.32. The van der Waals surface area contributed by atoms with E-state index in [2.05, 4.69) is 239 Å². The van der Waals surface area contributed by atoms with Gasteiger partial charge in [-0.05, 0) is 239 Å². The SMILES string of the molecule is CC1(C)OB(c2cc(CCCc3ccccc3)cs2)OC1(C)C.CCCCCCCCCCCCC(CCCCCCCCCC)CN1C(=O)C2=C(c3ccc(-c4ccc(-c5cc(CCCc6ccccc6)cs5)s4)s3)N(CC(CCCCCCCCCC)CCCCCCCCCCCC)C(=O)C2=C1c1ccc(-c2ccc(-c3cc(CCCc4ccccc4)cs3)s2)s1. The first kappa shape index (κ1) is 102. The molecule has 0 aliphatic carbocycles. The van der Waals surface area contributed by atoms with E-state index in [1.807, 2.05) is 45.3 Å². The molecule has 2 atom stereocenters.